The standard InChI is InChI=1S/C32H26O2/c33-31(25-13-5-1-6-14-25,26-15-7-2-8-16-26)29-21-23-30(24-22-29)32(34,27-17-9-3-10-18-27)28-19-11-4-12-20-28/h1-24,33-34H/i1D,2D,3D,4D,5D,6D,7D,8D,9D,10D,11D,12D,13D,14D,15D,16D,17D,18D,19D,20D. The molecular weight excluding hydrogens is 416 g/mol. The van der Waals surface area contributed by atoms with E-state index in [1.807, 2.05) is 0 Å². The van der Waals surface area contributed by atoms with E-state index in [4.69, 9.17) is 27.4 Å². The van der Waals surface area contributed by atoms with Gasteiger partial charge in [-0.3, -0.25) is 0 Å². The van der Waals surface area contributed by atoms with E-state index < -0.39 is 165 Å². The summed E-state index contributed by atoms with van der Waals surface area (Å²) in [6.45, 7) is 0. The van der Waals surface area contributed by atoms with Gasteiger partial charge in [0.05, 0.1) is 27.4 Å². The number of aliphatic hydroxyl groups is 2. The second kappa shape index (κ2) is 9.11. The zero-order valence-corrected chi connectivity index (χ0v) is 17.2. The summed E-state index contributed by atoms with van der Waals surface area (Å²) in [7, 11) is 0. The monoisotopic (exact) mass is 462 g/mol. The zero-order chi connectivity index (χ0) is 40.8. The topological polar surface area (TPSA) is 40.5 Å². The molecule has 0 unspecified atom stereocenters. The Bertz CT molecular complexity index is 2010. The van der Waals surface area contributed by atoms with Gasteiger partial charge in [0, 0.05) is 0 Å². The molecule has 166 valence electrons. The van der Waals surface area contributed by atoms with Gasteiger partial charge in [-0.25, -0.2) is 0 Å². The molecule has 0 saturated carbocycles. The van der Waals surface area contributed by atoms with Crippen LogP contribution in [0.2, 0.25) is 0 Å². The first-order valence-electron chi connectivity index (χ1n) is 19.8. The summed E-state index contributed by atoms with van der Waals surface area (Å²) in [6, 6.07) is -15.7. The molecule has 2 heteroatoms. The summed E-state index contributed by atoms with van der Waals surface area (Å²) in [4.78, 5) is 0. The lowest BCUT2D eigenvalue weighted by molar-refractivity contribution is 0.121. The van der Waals surface area contributed by atoms with Gasteiger partial charge in [0.25, 0.3) is 0 Å². The second-order valence-electron chi connectivity index (χ2n) is 7.00. The van der Waals surface area contributed by atoms with Crippen molar-refractivity contribution in [1.82, 2.24) is 0 Å². The van der Waals surface area contributed by atoms with Crippen LogP contribution in [0.4, 0.5) is 0 Å². The highest BCUT2D eigenvalue weighted by Gasteiger charge is 2.36. The van der Waals surface area contributed by atoms with E-state index >= 15 is 0 Å². The van der Waals surface area contributed by atoms with Crippen molar-refractivity contribution in [3.63, 3.8) is 0 Å². The third-order valence-electron chi connectivity index (χ3n) is 5.17. The minimum absolute atomic E-state index is 0.534. The maximum atomic E-state index is 12.7. The Kier molecular flexibility index (Phi) is 2.32. The average Bonchev–Trinajstić information content (AvgIpc) is 3.14. The smallest absolute Gasteiger partial charge is 0.140 e. The largest absolute Gasteiger partial charge is 0.376 e. The molecule has 0 aliphatic rings. The Labute approximate surface area is 228 Å². The van der Waals surface area contributed by atoms with Crippen molar-refractivity contribution in [3.05, 3.63) is 178 Å². The van der Waals surface area contributed by atoms with Crippen molar-refractivity contribution in [1.29, 1.82) is 0 Å². The molecule has 5 aromatic rings. The Morgan fingerprint density at radius 1 is 0.353 bits per heavy atom. The Morgan fingerprint density at radius 3 is 0.765 bits per heavy atom. The predicted molar refractivity (Wildman–Crippen MR) is 136 cm³/mol. The highest BCUT2D eigenvalue weighted by molar-refractivity contribution is 5.51. The fourth-order valence-electron chi connectivity index (χ4n) is 3.50. The molecule has 0 spiro atoms. The summed E-state index contributed by atoms with van der Waals surface area (Å²) < 4.78 is 167. The maximum absolute atomic E-state index is 12.7. The van der Waals surface area contributed by atoms with Crippen LogP contribution in [0.3, 0.4) is 0 Å². The molecule has 0 atom stereocenters. The van der Waals surface area contributed by atoms with Gasteiger partial charge < -0.3 is 10.2 Å². The quantitative estimate of drug-likeness (QED) is 0.293. The van der Waals surface area contributed by atoms with Crippen LogP contribution in [0.5, 0.6) is 0 Å². The number of hydrogen-bond donors (Lipinski definition) is 2. The van der Waals surface area contributed by atoms with Gasteiger partial charge in [-0.2, -0.15) is 0 Å². The zero-order valence-electron chi connectivity index (χ0n) is 37.2. The number of hydrogen-bond acceptors (Lipinski definition) is 2. The van der Waals surface area contributed by atoms with Crippen LogP contribution in [0.1, 0.15) is 60.8 Å². The molecule has 5 rings (SSSR count). The molecule has 5 aromatic carbocycles. The molecule has 34 heavy (non-hydrogen) atoms. The Balaban J connectivity index is 1.98. The SMILES string of the molecule is [2H]c1c([2H])c([2H])c(C(O)(c2ccc(C(O)(c3c([2H])c([2H])c([2H])c([2H])c3[2H])c3c([2H])c([2H])c([2H])c([2H])c3[2H])cc2)c2c([2H])c([2H])c([2H])c([2H])c2[2H])c([2H])c1[2H]. The van der Waals surface area contributed by atoms with Crippen LogP contribution in [-0.4, -0.2) is 10.2 Å². The van der Waals surface area contributed by atoms with Crippen molar-refractivity contribution in [2.45, 2.75) is 11.2 Å². The summed E-state index contributed by atoms with van der Waals surface area (Å²) in [5.74, 6) is 0. The van der Waals surface area contributed by atoms with Gasteiger partial charge >= 0.3 is 0 Å². The lowest BCUT2D eigenvalue weighted by Gasteiger charge is -2.33. The lowest BCUT2D eigenvalue weighted by Crippen LogP contribution is -2.31. The summed E-state index contributed by atoms with van der Waals surface area (Å²) in [6.07, 6.45) is 0. The third kappa shape index (κ3) is 3.73. The first-order chi connectivity index (χ1) is 24.9. The van der Waals surface area contributed by atoms with Gasteiger partial charge in [0.15, 0.2) is 0 Å². The third-order valence-corrected chi connectivity index (χ3v) is 5.17. The van der Waals surface area contributed by atoms with Crippen molar-refractivity contribution < 1.29 is 37.6 Å². The molecular formula is C32H26O2. The molecule has 0 aromatic heterocycles. The lowest BCUT2D eigenvalue weighted by atomic mass is 9.77. The molecule has 0 bridgehead atoms. The van der Waals surface area contributed by atoms with E-state index in [2.05, 4.69) is 0 Å². The highest BCUT2D eigenvalue weighted by atomic mass is 16.3. The van der Waals surface area contributed by atoms with Gasteiger partial charge in [-0.05, 0) is 33.4 Å². The van der Waals surface area contributed by atoms with Crippen LogP contribution in [0.15, 0.2) is 145 Å². The van der Waals surface area contributed by atoms with E-state index in [1.165, 1.54) is 0 Å². The van der Waals surface area contributed by atoms with E-state index in [-0.39, 0.29) is 0 Å². The normalized spacial score (nSPS) is 20.1. The molecule has 0 aliphatic heterocycles. The summed E-state index contributed by atoms with van der Waals surface area (Å²) in [5, 5.41) is 25.4. The number of benzene rings is 5. The molecule has 0 radical (unpaired) electrons. The van der Waals surface area contributed by atoms with Crippen molar-refractivity contribution >= 4 is 0 Å². The molecule has 2 N–H and O–H groups in total. The minimum Gasteiger partial charge on any atom is -0.376 e. The van der Waals surface area contributed by atoms with Crippen LogP contribution in [-0.2, 0) is 11.2 Å². The Hall–Kier alpha value is -3.98. The van der Waals surface area contributed by atoms with Crippen LogP contribution >= 0.6 is 0 Å². The summed E-state index contributed by atoms with van der Waals surface area (Å²) in [5.41, 5.74) is -11.1. The molecule has 0 amide bonds. The number of rotatable bonds is 6. The average molecular weight is 463 g/mol. The van der Waals surface area contributed by atoms with Gasteiger partial charge in [-0.1, -0.05) is 145 Å². The highest BCUT2D eigenvalue weighted by Crippen LogP contribution is 2.40. The van der Waals surface area contributed by atoms with E-state index in [1.54, 1.807) is 0 Å². The minimum atomic E-state index is -3.16. The molecule has 0 heterocycles. The summed E-state index contributed by atoms with van der Waals surface area (Å²) >= 11 is 0. The molecule has 0 fully saturated rings. The van der Waals surface area contributed by atoms with Gasteiger partial charge in [-0.15, -0.1) is 0 Å². The molecule has 0 aliphatic carbocycles. The van der Waals surface area contributed by atoms with Crippen LogP contribution in [0, 0.1) is 0 Å². The second-order valence-corrected chi connectivity index (χ2v) is 7.00. The van der Waals surface area contributed by atoms with Crippen molar-refractivity contribution in [2.75, 3.05) is 0 Å². The van der Waals surface area contributed by atoms with Crippen LogP contribution < -0.4 is 0 Å². The fourth-order valence-corrected chi connectivity index (χ4v) is 3.50. The fraction of sp³-hybridized carbons (Fsp3) is 0.0625. The first kappa shape index (κ1) is 8.66. The Morgan fingerprint density at radius 2 is 0.559 bits per heavy atom. The molecule has 2 nitrogen and oxygen atoms in total. The molecule has 0 saturated heterocycles. The predicted octanol–water partition coefficient (Wildman–Crippen LogP) is 6.26. The van der Waals surface area contributed by atoms with Crippen molar-refractivity contribution in [2.24, 2.45) is 0 Å². The van der Waals surface area contributed by atoms with Gasteiger partial charge in [0.1, 0.15) is 11.2 Å². The van der Waals surface area contributed by atoms with E-state index in [0.29, 0.717) is 0 Å². The van der Waals surface area contributed by atoms with E-state index in [0.717, 1.165) is 24.3 Å². The van der Waals surface area contributed by atoms with Gasteiger partial charge in [0.2, 0.25) is 0 Å². The van der Waals surface area contributed by atoms with E-state index in [9.17, 15) is 10.2 Å². The first-order valence-corrected chi connectivity index (χ1v) is 9.77. The maximum Gasteiger partial charge on any atom is 0.140 e. The van der Waals surface area contributed by atoms with Crippen molar-refractivity contribution in [3.8, 4) is 0 Å². The van der Waals surface area contributed by atoms with Crippen LogP contribution in [0.25, 0.3) is 0 Å².